The molecule has 0 heterocycles. The van der Waals surface area contributed by atoms with E-state index in [0.29, 0.717) is 6.61 Å². The minimum Gasteiger partial charge on any atom is -0.465 e. The van der Waals surface area contributed by atoms with Crippen LogP contribution in [0.3, 0.4) is 0 Å². The second-order valence-corrected chi connectivity index (χ2v) is 8.59. The fourth-order valence-electron chi connectivity index (χ4n) is 3.16. The van der Waals surface area contributed by atoms with Gasteiger partial charge in [-0.25, -0.2) is 0 Å². The fraction of sp³-hybridized carbons (Fsp3) is 0.458. The molecule has 0 aromatic rings. The molecule has 1 unspecified atom stereocenters. The van der Waals surface area contributed by atoms with Gasteiger partial charge in [0.05, 0.1) is 6.61 Å². The van der Waals surface area contributed by atoms with E-state index in [9.17, 15) is 4.79 Å². The van der Waals surface area contributed by atoms with Gasteiger partial charge in [-0.3, -0.25) is 4.79 Å². The Morgan fingerprint density at radius 1 is 1.07 bits per heavy atom. The Kier molecular flexibility index (Phi) is 8.43. The van der Waals surface area contributed by atoms with E-state index >= 15 is 0 Å². The summed E-state index contributed by atoms with van der Waals surface area (Å²) in [6.07, 6.45) is 29.4. The molecule has 0 saturated heterocycles. The van der Waals surface area contributed by atoms with Gasteiger partial charge in [-0.15, -0.1) is 11.8 Å². The number of thioether (sulfide) groups is 1. The number of ether oxygens (including phenoxy) is 1. The van der Waals surface area contributed by atoms with E-state index in [1.54, 1.807) is 11.8 Å². The van der Waals surface area contributed by atoms with Gasteiger partial charge < -0.3 is 4.74 Å². The van der Waals surface area contributed by atoms with E-state index in [-0.39, 0.29) is 22.0 Å². The standard InChI is InChI=1S/C24H32O2S/c1-4-26-22(25)21(27-5-2)13-9-6-7-10-14-23(3)17-19-24(20-18-23)15-11-8-12-16-24/h6,9-12,14-21H,4-5,7-8,13H2,1-3H3/b9-6+,14-10-. The number of hydrogen-bond acceptors (Lipinski definition) is 3. The Morgan fingerprint density at radius 2 is 1.78 bits per heavy atom. The van der Waals surface area contributed by atoms with E-state index in [2.05, 4.69) is 86.8 Å². The van der Waals surface area contributed by atoms with Crippen molar-refractivity contribution >= 4 is 17.7 Å². The third-order valence-corrected chi connectivity index (χ3v) is 5.85. The predicted octanol–water partition coefficient (Wildman–Crippen LogP) is 6.20. The van der Waals surface area contributed by atoms with Crippen LogP contribution in [0.1, 0.15) is 40.0 Å². The highest BCUT2D eigenvalue weighted by molar-refractivity contribution is 8.00. The Morgan fingerprint density at radius 3 is 2.41 bits per heavy atom. The lowest BCUT2D eigenvalue weighted by molar-refractivity contribution is -0.142. The molecule has 2 nitrogen and oxygen atoms in total. The van der Waals surface area contributed by atoms with Crippen LogP contribution in [0.5, 0.6) is 0 Å². The zero-order valence-electron chi connectivity index (χ0n) is 16.8. The van der Waals surface area contributed by atoms with E-state index < -0.39 is 0 Å². The van der Waals surface area contributed by atoms with Gasteiger partial charge in [0.25, 0.3) is 0 Å². The van der Waals surface area contributed by atoms with Gasteiger partial charge in [0.15, 0.2) is 0 Å². The quantitative estimate of drug-likeness (QED) is 0.350. The van der Waals surface area contributed by atoms with Crippen LogP contribution in [0.25, 0.3) is 0 Å². The van der Waals surface area contributed by atoms with Gasteiger partial charge in [0.2, 0.25) is 0 Å². The minimum absolute atomic E-state index is 0.0233. The van der Waals surface area contributed by atoms with Crippen molar-refractivity contribution in [1.29, 1.82) is 0 Å². The number of hydrogen-bond donors (Lipinski definition) is 0. The molecule has 0 bridgehead atoms. The zero-order chi connectivity index (χ0) is 19.6. The van der Waals surface area contributed by atoms with Gasteiger partial charge in [0, 0.05) is 10.8 Å². The summed E-state index contributed by atoms with van der Waals surface area (Å²) in [5.74, 6) is 0.814. The number of allylic oxidation sites excluding steroid dienone is 12. The Hall–Kier alpha value is -1.74. The second kappa shape index (κ2) is 10.6. The average molecular weight is 385 g/mol. The molecule has 0 aliphatic heterocycles. The molecule has 0 radical (unpaired) electrons. The molecule has 1 atom stereocenters. The van der Waals surface area contributed by atoms with Gasteiger partial charge >= 0.3 is 5.97 Å². The van der Waals surface area contributed by atoms with Crippen molar-refractivity contribution in [3.05, 3.63) is 72.9 Å². The van der Waals surface area contributed by atoms with Gasteiger partial charge in [-0.05, 0) is 38.9 Å². The lowest BCUT2D eigenvalue weighted by Crippen LogP contribution is -2.19. The van der Waals surface area contributed by atoms with Gasteiger partial charge in [-0.1, -0.05) is 79.8 Å². The maximum atomic E-state index is 11.9. The molecule has 146 valence electrons. The first-order valence-corrected chi connectivity index (χ1v) is 10.9. The second-order valence-electron chi connectivity index (χ2n) is 7.11. The van der Waals surface area contributed by atoms with Crippen molar-refractivity contribution in [2.24, 2.45) is 10.8 Å². The van der Waals surface area contributed by atoms with Crippen molar-refractivity contribution in [3.63, 3.8) is 0 Å². The lowest BCUT2D eigenvalue weighted by atomic mass is 9.74. The molecule has 2 aliphatic rings. The monoisotopic (exact) mass is 384 g/mol. The fourth-order valence-corrected chi connectivity index (χ4v) is 4.01. The molecule has 27 heavy (non-hydrogen) atoms. The molecule has 0 saturated carbocycles. The molecule has 2 aliphatic carbocycles. The van der Waals surface area contributed by atoms with Crippen LogP contribution in [0, 0.1) is 10.8 Å². The summed E-state index contributed by atoms with van der Waals surface area (Å²) in [6.45, 7) is 6.58. The van der Waals surface area contributed by atoms with Crippen LogP contribution >= 0.6 is 11.8 Å². The smallest absolute Gasteiger partial charge is 0.319 e. The van der Waals surface area contributed by atoms with E-state index in [1.807, 2.05) is 6.92 Å². The van der Waals surface area contributed by atoms with Crippen molar-refractivity contribution in [2.75, 3.05) is 12.4 Å². The summed E-state index contributed by atoms with van der Waals surface area (Å²) in [5, 5.41) is -0.0929. The average Bonchev–Trinajstić information content (AvgIpc) is 2.67. The normalized spacial score (nSPS) is 20.7. The summed E-state index contributed by atoms with van der Waals surface area (Å²) >= 11 is 1.65. The summed E-state index contributed by atoms with van der Waals surface area (Å²) in [4.78, 5) is 11.9. The van der Waals surface area contributed by atoms with Crippen molar-refractivity contribution in [1.82, 2.24) is 0 Å². The number of esters is 1. The Balaban J connectivity index is 1.82. The highest BCUT2D eigenvalue weighted by Gasteiger charge is 2.26. The first-order chi connectivity index (χ1) is 13.0. The third kappa shape index (κ3) is 6.73. The first-order valence-electron chi connectivity index (χ1n) is 9.89. The van der Waals surface area contributed by atoms with Crippen LogP contribution in [0.2, 0.25) is 0 Å². The molecular weight excluding hydrogens is 352 g/mol. The van der Waals surface area contributed by atoms with Crippen molar-refractivity contribution in [2.45, 2.75) is 45.3 Å². The molecule has 0 fully saturated rings. The van der Waals surface area contributed by atoms with Crippen LogP contribution in [0.4, 0.5) is 0 Å². The number of carbonyl (C=O) groups is 1. The number of carbonyl (C=O) groups excluding carboxylic acids is 1. The largest absolute Gasteiger partial charge is 0.465 e. The summed E-state index contributed by atoms with van der Waals surface area (Å²) in [5.41, 5.74) is -0.0612. The van der Waals surface area contributed by atoms with Crippen LogP contribution in [-0.4, -0.2) is 23.6 Å². The van der Waals surface area contributed by atoms with Crippen LogP contribution < -0.4 is 0 Å². The Labute approximate surface area is 168 Å². The molecule has 0 N–H and O–H groups in total. The molecule has 0 aromatic carbocycles. The lowest BCUT2D eigenvalue weighted by Gasteiger charge is -2.30. The van der Waals surface area contributed by atoms with Gasteiger partial charge in [0.1, 0.15) is 5.25 Å². The molecule has 2 rings (SSSR count). The topological polar surface area (TPSA) is 26.3 Å². The summed E-state index contributed by atoms with van der Waals surface area (Å²) in [7, 11) is 0. The summed E-state index contributed by atoms with van der Waals surface area (Å²) in [6, 6.07) is 0. The zero-order valence-corrected chi connectivity index (χ0v) is 17.6. The van der Waals surface area contributed by atoms with Crippen LogP contribution in [-0.2, 0) is 9.53 Å². The maximum Gasteiger partial charge on any atom is 0.319 e. The first kappa shape index (κ1) is 21.6. The van der Waals surface area contributed by atoms with Crippen molar-refractivity contribution in [3.8, 4) is 0 Å². The van der Waals surface area contributed by atoms with Crippen LogP contribution in [0.15, 0.2) is 72.9 Å². The Bertz CT molecular complexity index is 636. The third-order valence-electron chi connectivity index (χ3n) is 4.73. The minimum atomic E-state index is -0.103. The highest BCUT2D eigenvalue weighted by Crippen LogP contribution is 2.38. The summed E-state index contributed by atoms with van der Waals surface area (Å²) < 4.78 is 5.14. The molecule has 1 spiro atoms. The molecule has 0 amide bonds. The predicted molar refractivity (Wildman–Crippen MR) is 118 cm³/mol. The van der Waals surface area contributed by atoms with Gasteiger partial charge in [-0.2, -0.15) is 0 Å². The van der Waals surface area contributed by atoms with E-state index in [0.717, 1.165) is 25.0 Å². The number of rotatable bonds is 9. The van der Waals surface area contributed by atoms with E-state index in [4.69, 9.17) is 4.74 Å². The molecule has 0 aromatic heterocycles. The SMILES string of the molecule is CCOC(=O)C(C/C=C/C/C=C\C1(C)C=CC2(C=CCC=C2)C=C1)SCC. The van der Waals surface area contributed by atoms with Crippen molar-refractivity contribution < 1.29 is 9.53 Å². The van der Waals surface area contributed by atoms with E-state index in [1.165, 1.54) is 0 Å². The maximum absolute atomic E-state index is 11.9. The molecular formula is C24H32O2S. The molecule has 3 heteroatoms. The highest BCUT2D eigenvalue weighted by atomic mass is 32.2.